The first-order valence-electron chi connectivity index (χ1n) is 13.5. The maximum absolute atomic E-state index is 13.5. The summed E-state index contributed by atoms with van der Waals surface area (Å²) in [6, 6.07) is 13.8. The van der Waals surface area contributed by atoms with Crippen molar-refractivity contribution in [2.75, 3.05) is 38.3 Å². The fraction of sp³-hybridized carbons (Fsp3) is 0.414. The Bertz CT molecular complexity index is 1480. The van der Waals surface area contributed by atoms with Crippen LogP contribution in [0.5, 0.6) is 17.2 Å². The van der Waals surface area contributed by atoms with Crippen LogP contribution in [0.3, 0.4) is 0 Å². The first-order valence-corrected chi connectivity index (χ1v) is 15.8. The molecular weight excluding hydrogens is 566 g/mol. The van der Waals surface area contributed by atoms with Gasteiger partial charge in [0, 0.05) is 36.8 Å². The third-order valence-corrected chi connectivity index (χ3v) is 10.1. The van der Waals surface area contributed by atoms with E-state index in [2.05, 4.69) is 9.62 Å². The summed E-state index contributed by atoms with van der Waals surface area (Å²) in [7, 11) is -1.75. The van der Waals surface area contributed by atoms with Gasteiger partial charge in [-0.25, -0.2) is 8.42 Å². The Balaban J connectivity index is 1.40. The van der Waals surface area contributed by atoms with E-state index in [-0.39, 0.29) is 48.0 Å². The molecule has 0 radical (unpaired) electrons. The van der Waals surface area contributed by atoms with E-state index in [0.717, 1.165) is 28.4 Å². The molecule has 0 saturated carbocycles. The molecule has 1 aromatic heterocycles. The molecular formula is C29H35N3O7S2. The van der Waals surface area contributed by atoms with E-state index in [1.54, 1.807) is 34.5 Å². The number of carbonyl (C=O) groups is 1. The number of fused-ring (bicyclic) bond motifs is 2. The number of nitrogens with zero attached hydrogens (tertiary/aromatic N) is 2. The summed E-state index contributed by atoms with van der Waals surface area (Å²) >= 11 is 1.13. The average Bonchev–Trinajstić information content (AvgIpc) is 3.64. The number of thiophene rings is 1. The van der Waals surface area contributed by atoms with Crippen molar-refractivity contribution in [3.05, 3.63) is 65.0 Å². The fourth-order valence-electron chi connectivity index (χ4n) is 5.06. The molecule has 3 aromatic rings. The summed E-state index contributed by atoms with van der Waals surface area (Å²) in [5.41, 5.74) is 1.99. The number of ether oxygens (including phenoxy) is 3. The summed E-state index contributed by atoms with van der Waals surface area (Å²) in [6.07, 6.45) is -0.276. The van der Waals surface area contributed by atoms with Gasteiger partial charge >= 0.3 is 0 Å². The van der Waals surface area contributed by atoms with Crippen LogP contribution in [-0.4, -0.2) is 74.9 Å². The van der Waals surface area contributed by atoms with Crippen molar-refractivity contribution >= 4 is 33.0 Å². The largest absolute Gasteiger partial charge is 0.488 e. The molecule has 2 aromatic carbocycles. The Morgan fingerprint density at radius 2 is 1.93 bits per heavy atom. The SMILES string of the molecule is C[C@@H]1CN([C@H](C)CO)C(=O)Cc2cc(NS(=O)(=O)c3cccs3)ccc2O[C@@H]1CN(C)Cc1ccc2c(c1)OCO2. The summed E-state index contributed by atoms with van der Waals surface area (Å²) < 4.78 is 46.0. The van der Waals surface area contributed by atoms with Crippen LogP contribution in [0.25, 0.3) is 0 Å². The minimum Gasteiger partial charge on any atom is -0.488 e. The maximum Gasteiger partial charge on any atom is 0.271 e. The predicted molar refractivity (Wildman–Crippen MR) is 156 cm³/mol. The molecule has 0 bridgehead atoms. The van der Waals surface area contributed by atoms with Crippen molar-refractivity contribution in [2.24, 2.45) is 5.92 Å². The number of hydrogen-bond donors (Lipinski definition) is 2. The number of aliphatic hydroxyl groups is 1. The molecule has 0 unspecified atom stereocenters. The van der Waals surface area contributed by atoms with Gasteiger partial charge in [0.05, 0.1) is 19.1 Å². The number of aliphatic hydroxyl groups excluding tert-OH is 1. The number of likely N-dealkylation sites (N-methyl/N-ethyl adjacent to an activating group) is 1. The molecule has 12 heteroatoms. The fourth-order valence-corrected chi connectivity index (χ4v) is 7.10. The molecule has 220 valence electrons. The van der Waals surface area contributed by atoms with E-state index in [4.69, 9.17) is 14.2 Å². The van der Waals surface area contributed by atoms with Gasteiger partial charge in [-0.3, -0.25) is 14.4 Å². The molecule has 5 rings (SSSR count). The Morgan fingerprint density at radius 1 is 1.15 bits per heavy atom. The minimum absolute atomic E-state index is 0.0146. The molecule has 2 aliphatic heterocycles. The van der Waals surface area contributed by atoms with Crippen molar-refractivity contribution in [2.45, 2.75) is 43.2 Å². The second-order valence-electron chi connectivity index (χ2n) is 10.6. The maximum atomic E-state index is 13.5. The van der Waals surface area contributed by atoms with Crippen LogP contribution in [0.1, 0.15) is 25.0 Å². The first kappa shape index (κ1) is 29.2. The van der Waals surface area contributed by atoms with Crippen molar-refractivity contribution in [1.29, 1.82) is 0 Å². The van der Waals surface area contributed by atoms with Crippen LogP contribution in [0, 0.1) is 5.92 Å². The number of rotatable bonds is 9. The van der Waals surface area contributed by atoms with Crippen LogP contribution in [0.15, 0.2) is 58.1 Å². The quantitative estimate of drug-likeness (QED) is 0.383. The van der Waals surface area contributed by atoms with Gasteiger partial charge in [0.2, 0.25) is 12.7 Å². The highest BCUT2D eigenvalue weighted by Gasteiger charge is 2.31. The Morgan fingerprint density at radius 3 is 2.68 bits per heavy atom. The zero-order valence-electron chi connectivity index (χ0n) is 23.3. The van der Waals surface area contributed by atoms with E-state index >= 15 is 0 Å². The molecule has 0 saturated heterocycles. The summed E-state index contributed by atoms with van der Waals surface area (Å²) in [4.78, 5) is 17.3. The zero-order chi connectivity index (χ0) is 29.1. The highest BCUT2D eigenvalue weighted by atomic mass is 32.2. The van der Waals surface area contributed by atoms with E-state index in [1.807, 2.05) is 39.1 Å². The number of sulfonamides is 1. The number of benzene rings is 2. The van der Waals surface area contributed by atoms with Gasteiger partial charge in [0.25, 0.3) is 10.0 Å². The van der Waals surface area contributed by atoms with Crippen molar-refractivity contribution < 1.29 is 32.5 Å². The molecule has 0 fully saturated rings. The number of amides is 1. The molecule has 41 heavy (non-hydrogen) atoms. The van der Waals surface area contributed by atoms with Gasteiger partial charge in [-0.1, -0.05) is 19.1 Å². The minimum atomic E-state index is -3.75. The van der Waals surface area contributed by atoms with Gasteiger partial charge < -0.3 is 24.2 Å². The van der Waals surface area contributed by atoms with Gasteiger partial charge in [0.15, 0.2) is 11.5 Å². The number of anilines is 1. The summed E-state index contributed by atoms with van der Waals surface area (Å²) in [5.74, 6) is 1.78. The topological polar surface area (TPSA) is 118 Å². The van der Waals surface area contributed by atoms with Gasteiger partial charge in [-0.05, 0) is 61.3 Å². The van der Waals surface area contributed by atoms with Crippen LogP contribution in [0.4, 0.5) is 5.69 Å². The Kier molecular flexibility index (Phi) is 8.74. The monoisotopic (exact) mass is 601 g/mol. The highest BCUT2D eigenvalue weighted by molar-refractivity contribution is 7.94. The number of nitrogens with one attached hydrogen (secondary N) is 1. The first-order chi connectivity index (χ1) is 19.6. The zero-order valence-corrected chi connectivity index (χ0v) is 24.9. The van der Waals surface area contributed by atoms with Gasteiger partial charge in [-0.2, -0.15) is 0 Å². The van der Waals surface area contributed by atoms with E-state index in [0.29, 0.717) is 36.6 Å². The smallest absolute Gasteiger partial charge is 0.271 e. The average molecular weight is 602 g/mol. The Hall–Kier alpha value is -3.32. The van der Waals surface area contributed by atoms with E-state index in [1.165, 1.54) is 6.07 Å². The lowest BCUT2D eigenvalue weighted by Crippen LogP contribution is -2.47. The third-order valence-electron chi connectivity index (χ3n) is 7.31. The summed E-state index contributed by atoms with van der Waals surface area (Å²) in [6.45, 7) is 5.54. The summed E-state index contributed by atoms with van der Waals surface area (Å²) in [5, 5.41) is 11.6. The van der Waals surface area contributed by atoms with Crippen LogP contribution in [-0.2, 0) is 27.8 Å². The molecule has 10 nitrogen and oxygen atoms in total. The third kappa shape index (κ3) is 6.78. The molecule has 3 atom stereocenters. The molecule has 1 amide bonds. The standard InChI is InChI=1S/C29H35N3O7S2/c1-19-14-32(20(2)17-33)28(34)13-22-12-23(30-41(35,36)29-5-4-10-40-29)7-9-24(22)39-27(19)16-31(3)15-21-6-8-25-26(11-21)38-18-37-25/h4-12,19-20,27,30,33H,13-18H2,1-3H3/t19-,20-,27-/m1/s1. The molecule has 3 heterocycles. The number of hydrogen-bond acceptors (Lipinski definition) is 9. The van der Waals surface area contributed by atoms with E-state index in [9.17, 15) is 18.3 Å². The lowest BCUT2D eigenvalue weighted by molar-refractivity contribution is -0.134. The van der Waals surface area contributed by atoms with Crippen molar-refractivity contribution in [3.8, 4) is 17.2 Å². The molecule has 0 spiro atoms. The lowest BCUT2D eigenvalue weighted by Gasteiger charge is -2.34. The van der Waals surface area contributed by atoms with Crippen LogP contribution in [0.2, 0.25) is 0 Å². The molecule has 2 aliphatic rings. The second-order valence-corrected chi connectivity index (χ2v) is 13.5. The van der Waals surface area contributed by atoms with Crippen molar-refractivity contribution in [3.63, 3.8) is 0 Å². The van der Waals surface area contributed by atoms with Crippen LogP contribution >= 0.6 is 11.3 Å². The number of carbonyl (C=O) groups excluding carboxylic acids is 1. The Labute approximate surface area is 244 Å². The molecule has 0 aliphatic carbocycles. The van der Waals surface area contributed by atoms with Crippen LogP contribution < -0.4 is 18.9 Å². The second kappa shape index (κ2) is 12.3. The van der Waals surface area contributed by atoms with Gasteiger partial charge in [0.1, 0.15) is 16.1 Å². The normalized spacial score (nSPS) is 19.6. The molecule has 2 N–H and O–H groups in total. The van der Waals surface area contributed by atoms with E-state index < -0.39 is 10.0 Å². The predicted octanol–water partition coefficient (Wildman–Crippen LogP) is 3.56. The highest BCUT2D eigenvalue weighted by Crippen LogP contribution is 2.33. The van der Waals surface area contributed by atoms with Crippen molar-refractivity contribution in [1.82, 2.24) is 9.80 Å². The van der Waals surface area contributed by atoms with Gasteiger partial charge in [-0.15, -0.1) is 11.3 Å². The lowest BCUT2D eigenvalue weighted by atomic mass is 10.0.